The molecule has 3 aromatic rings. The highest BCUT2D eigenvalue weighted by molar-refractivity contribution is 7.13. The van der Waals surface area contributed by atoms with E-state index in [0.717, 1.165) is 4.88 Å². The van der Waals surface area contributed by atoms with Crippen LogP contribution in [0.2, 0.25) is 0 Å². The summed E-state index contributed by atoms with van der Waals surface area (Å²) in [6, 6.07) is 5.28. The number of rotatable bonds is 3. The SMILES string of the molecule is COc1ccc(N)c(-c2nc(-c3cncs3)no2)c1. The van der Waals surface area contributed by atoms with E-state index in [2.05, 4.69) is 15.1 Å². The Morgan fingerprint density at radius 3 is 3.00 bits per heavy atom. The van der Waals surface area contributed by atoms with Gasteiger partial charge < -0.3 is 15.0 Å². The zero-order valence-electron chi connectivity index (χ0n) is 10.0. The van der Waals surface area contributed by atoms with E-state index >= 15 is 0 Å². The van der Waals surface area contributed by atoms with Crippen LogP contribution in [0, 0.1) is 0 Å². The molecule has 0 aliphatic heterocycles. The molecule has 0 amide bonds. The van der Waals surface area contributed by atoms with E-state index in [1.165, 1.54) is 11.3 Å². The van der Waals surface area contributed by atoms with Crippen LogP contribution in [0.25, 0.3) is 22.2 Å². The maximum Gasteiger partial charge on any atom is 0.260 e. The minimum absolute atomic E-state index is 0.361. The molecular weight excluding hydrogens is 264 g/mol. The normalized spacial score (nSPS) is 10.6. The first kappa shape index (κ1) is 11.7. The average molecular weight is 274 g/mol. The van der Waals surface area contributed by atoms with Gasteiger partial charge in [0.15, 0.2) is 0 Å². The van der Waals surface area contributed by atoms with Crippen molar-refractivity contribution in [3.8, 4) is 27.9 Å². The molecule has 0 saturated heterocycles. The summed E-state index contributed by atoms with van der Waals surface area (Å²) >= 11 is 1.44. The lowest BCUT2D eigenvalue weighted by molar-refractivity contribution is 0.413. The summed E-state index contributed by atoms with van der Waals surface area (Å²) in [5, 5.41) is 3.92. The Balaban J connectivity index is 2.03. The number of benzene rings is 1. The minimum Gasteiger partial charge on any atom is -0.497 e. The molecule has 0 aliphatic carbocycles. The Kier molecular flexibility index (Phi) is 2.88. The maximum atomic E-state index is 5.91. The Bertz CT molecular complexity index is 694. The molecule has 2 aromatic heterocycles. The predicted molar refractivity (Wildman–Crippen MR) is 71.8 cm³/mol. The fraction of sp³-hybridized carbons (Fsp3) is 0.0833. The van der Waals surface area contributed by atoms with Gasteiger partial charge in [-0.25, -0.2) is 0 Å². The van der Waals surface area contributed by atoms with Crippen molar-refractivity contribution in [2.24, 2.45) is 0 Å². The summed E-state index contributed by atoms with van der Waals surface area (Å²) in [4.78, 5) is 9.14. The van der Waals surface area contributed by atoms with E-state index in [4.69, 9.17) is 15.0 Å². The highest BCUT2D eigenvalue weighted by atomic mass is 32.1. The highest BCUT2D eigenvalue weighted by Crippen LogP contribution is 2.30. The van der Waals surface area contributed by atoms with Gasteiger partial charge in [-0.3, -0.25) is 4.98 Å². The van der Waals surface area contributed by atoms with Gasteiger partial charge in [-0.15, -0.1) is 11.3 Å². The van der Waals surface area contributed by atoms with Crippen LogP contribution in [0.4, 0.5) is 5.69 Å². The summed E-state index contributed by atoms with van der Waals surface area (Å²) in [6.45, 7) is 0. The van der Waals surface area contributed by atoms with Crippen molar-refractivity contribution < 1.29 is 9.26 Å². The molecule has 1 aromatic carbocycles. The molecule has 96 valence electrons. The summed E-state index contributed by atoms with van der Waals surface area (Å²) in [7, 11) is 1.59. The molecule has 2 heterocycles. The molecule has 0 radical (unpaired) electrons. The summed E-state index contributed by atoms with van der Waals surface area (Å²) < 4.78 is 10.4. The van der Waals surface area contributed by atoms with Crippen LogP contribution in [0.3, 0.4) is 0 Å². The van der Waals surface area contributed by atoms with Gasteiger partial charge >= 0.3 is 0 Å². The van der Waals surface area contributed by atoms with E-state index in [1.54, 1.807) is 37.0 Å². The number of nitrogen functional groups attached to an aromatic ring is 1. The molecule has 0 aliphatic rings. The number of ether oxygens (including phenoxy) is 1. The van der Waals surface area contributed by atoms with Crippen molar-refractivity contribution >= 4 is 17.0 Å². The van der Waals surface area contributed by atoms with Crippen molar-refractivity contribution in [2.45, 2.75) is 0 Å². The van der Waals surface area contributed by atoms with Crippen LogP contribution in [-0.4, -0.2) is 22.2 Å². The largest absolute Gasteiger partial charge is 0.497 e. The van der Waals surface area contributed by atoms with Crippen LogP contribution in [0.5, 0.6) is 5.75 Å². The highest BCUT2D eigenvalue weighted by Gasteiger charge is 2.14. The molecule has 0 spiro atoms. The number of thiazole rings is 1. The van der Waals surface area contributed by atoms with Crippen molar-refractivity contribution in [1.29, 1.82) is 0 Å². The first-order valence-electron chi connectivity index (χ1n) is 5.44. The Morgan fingerprint density at radius 2 is 2.26 bits per heavy atom. The number of nitrogens with zero attached hydrogens (tertiary/aromatic N) is 3. The lowest BCUT2D eigenvalue weighted by Crippen LogP contribution is -1.92. The van der Waals surface area contributed by atoms with Gasteiger partial charge in [0.2, 0.25) is 5.82 Å². The minimum atomic E-state index is 0.361. The zero-order chi connectivity index (χ0) is 13.2. The monoisotopic (exact) mass is 274 g/mol. The van der Waals surface area contributed by atoms with Gasteiger partial charge in [-0.05, 0) is 18.2 Å². The number of anilines is 1. The third-order valence-electron chi connectivity index (χ3n) is 2.57. The lowest BCUT2D eigenvalue weighted by Gasteiger charge is -2.03. The Morgan fingerprint density at radius 1 is 1.37 bits per heavy atom. The van der Waals surface area contributed by atoms with Gasteiger partial charge in [0.1, 0.15) is 5.75 Å². The molecule has 7 heteroatoms. The molecule has 0 bridgehead atoms. The molecule has 0 fully saturated rings. The molecule has 19 heavy (non-hydrogen) atoms. The zero-order valence-corrected chi connectivity index (χ0v) is 10.8. The first-order valence-corrected chi connectivity index (χ1v) is 6.32. The molecule has 0 saturated carbocycles. The quantitative estimate of drug-likeness (QED) is 0.738. The molecular formula is C12H10N4O2S. The fourth-order valence-electron chi connectivity index (χ4n) is 1.61. The second-order valence-corrected chi connectivity index (χ2v) is 4.63. The Labute approximate surface area is 112 Å². The second kappa shape index (κ2) is 4.69. The van der Waals surface area contributed by atoms with Crippen molar-refractivity contribution in [3.05, 3.63) is 29.9 Å². The van der Waals surface area contributed by atoms with E-state index in [9.17, 15) is 0 Å². The van der Waals surface area contributed by atoms with Crippen LogP contribution in [0.15, 0.2) is 34.4 Å². The van der Waals surface area contributed by atoms with Gasteiger partial charge in [-0.2, -0.15) is 4.98 Å². The molecule has 0 unspecified atom stereocenters. The first-order chi connectivity index (χ1) is 9.28. The van der Waals surface area contributed by atoms with E-state index < -0.39 is 0 Å². The second-order valence-electron chi connectivity index (χ2n) is 3.74. The van der Waals surface area contributed by atoms with Crippen LogP contribution < -0.4 is 10.5 Å². The molecule has 6 nitrogen and oxygen atoms in total. The Hall–Kier alpha value is -2.41. The van der Waals surface area contributed by atoms with Gasteiger partial charge in [0, 0.05) is 11.9 Å². The van der Waals surface area contributed by atoms with Crippen molar-refractivity contribution in [1.82, 2.24) is 15.1 Å². The summed E-state index contributed by atoms with van der Waals surface area (Å²) in [6.07, 6.45) is 1.69. The lowest BCUT2D eigenvalue weighted by atomic mass is 10.1. The summed E-state index contributed by atoms with van der Waals surface area (Å²) in [5.41, 5.74) is 8.84. The van der Waals surface area contributed by atoms with Crippen LogP contribution >= 0.6 is 11.3 Å². The van der Waals surface area contributed by atoms with Crippen LogP contribution in [0.1, 0.15) is 0 Å². The third kappa shape index (κ3) is 2.15. The summed E-state index contributed by atoms with van der Waals surface area (Å²) in [5.74, 6) is 1.54. The van der Waals surface area contributed by atoms with Gasteiger partial charge in [0.25, 0.3) is 5.89 Å². The van der Waals surface area contributed by atoms with E-state index in [1.807, 2.05) is 0 Å². The van der Waals surface area contributed by atoms with E-state index in [-0.39, 0.29) is 0 Å². The predicted octanol–water partition coefficient (Wildman–Crippen LogP) is 2.45. The topological polar surface area (TPSA) is 87.1 Å². The van der Waals surface area contributed by atoms with Gasteiger partial charge in [0.05, 0.1) is 23.1 Å². The van der Waals surface area contributed by atoms with E-state index in [0.29, 0.717) is 28.7 Å². The number of hydrogen-bond donors (Lipinski definition) is 1. The average Bonchev–Trinajstić information content (AvgIpc) is 3.10. The van der Waals surface area contributed by atoms with Crippen LogP contribution in [-0.2, 0) is 0 Å². The van der Waals surface area contributed by atoms with Crippen molar-refractivity contribution in [2.75, 3.05) is 12.8 Å². The standard InChI is InChI=1S/C12H10N4O2S/c1-17-7-2-3-9(13)8(4-7)12-15-11(16-18-12)10-5-14-6-19-10/h2-6H,13H2,1H3. The molecule has 3 rings (SSSR count). The van der Waals surface area contributed by atoms with Crippen molar-refractivity contribution in [3.63, 3.8) is 0 Å². The number of hydrogen-bond acceptors (Lipinski definition) is 7. The molecule has 0 atom stereocenters. The number of aromatic nitrogens is 3. The van der Waals surface area contributed by atoms with Gasteiger partial charge in [-0.1, -0.05) is 5.16 Å². The smallest absolute Gasteiger partial charge is 0.260 e. The fourth-order valence-corrected chi connectivity index (χ4v) is 2.15. The number of methoxy groups -OCH3 is 1. The third-order valence-corrected chi connectivity index (χ3v) is 3.34. The molecule has 2 N–H and O–H groups in total. The maximum absolute atomic E-state index is 5.91. The number of nitrogens with two attached hydrogens (primary N) is 1.